The summed E-state index contributed by atoms with van der Waals surface area (Å²) in [4.78, 5) is 0. The van der Waals surface area contributed by atoms with Crippen LogP contribution in [0.4, 0.5) is 0 Å². The maximum atomic E-state index is 2.22. The van der Waals surface area contributed by atoms with Crippen LogP contribution >= 0.6 is 0 Å². The van der Waals surface area contributed by atoms with Crippen LogP contribution < -0.4 is 10.4 Å². The Morgan fingerprint density at radius 1 is 0.600 bits per heavy atom. The lowest BCUT2D eigenvalue weighted by molar-refractivity contribution is 1.74. The Hall–Kier alpha value is -1.13. The van der Waals surface area contributed by atoms with Crippen LogP contribution in [-0.4, -0.2) is 19.0 Å². The molecule has 2 rings (SSSR count). The molecule has 2 heteroatoms. The molecule has 0 N–H and O–H groups in total. The predicted octanol–water partition coefficient (Wildman–Crippen LogP) is 1.42. The molecule has 0 aliphatic rings. The largest absolute Gasteiger partial charge is 0.0777 e. The fourth-order valence-electron chi connectivity index (χ4n) is 1.36. The van der Waals surface area contributed by atoms with Crippen molar-refractivity contribution in [1.29, 1.82) is 0 Å². The van der Waals surface area contributed by atoms with E-state index < -0.39 is 0 Å². The Kier molecular flexibility index (Phi) is 3.94. The molecule has 0 atom stereocenters. The maximum absolute atomic E-state index is 2.22. The van der Waals surface area contributed by atoms with Crippen molar-refractivity contribution in [3.8, 4) is 0 Å². The molecule has 0 nitrogen and oxygen atoms in total. The van der Waals surface area contributed by atoms with E-state index in [2.05, 4.69) is 60.7 Å². The smallest absolute Gasteiger partial charge is 0.0645 e. The van der Waals surface area contributed by atoms with E-state index in [0.717, 1.165) is 19.0 Å². The first-order valence-electron chi connectivity index (χ1n) is 5.03. The van der Waals surface area contributed by atoms with Gasteiger partial charge in [-0.15, -0.1) is 0 Å². The molecule has 0 saturated carbocycles. The SMILES string of the molecule is c1ccc([Si]C[Si]c2ccccc2)cc1. The van der Waals surface area contributed by atoms with Gasteiger partial charge in [0.25, 0.3) is 0 Å². The molecule has 0 aliphatic heterocycles. The van der Waals surface area contributed by atoms with Crippen LogP contribution in [0.25, 0.3) is 0 Å². The number of benzene rings is 2. The van der Waals surface area contributed by atoms with Crippen molar-refractivity contribution < 1.29 is 0 Å². The summed E-state index contributed by atoms with van der Waals surface area (Å²) >= 11 is 0. The molecule has 0 unspecified atom stereocenters. The molecule has 2 aromatic rings. The van der Waals surface area contributed by atoms with E-state index in [1.165, 1.54) is 16.0 Å². The first-order valence-corrected chi connectivity index (χ1v) is 7.44. The quantitative estimate of drug-likeness (QED) is 0.689. The molecular formula is C13H12Si2. The molecule has 0 heterocycles. The summed E-state index contributed by atoms with van der Waals surface area (Å²) in [6.45, 7) is 0. The molecular weight excluding hydrogens is 212 g/mol. The Bertz CT molecular complexity index is 344. The summed E-state index contributed by atoms with van der Waals surface area (Å²) in [6, 6.07) is 21.5. The summed E-state index contributed by atoms with van der Waals surface area (Å²) in [5.41, 5.74) is 1.29. The fourth-order valence-corrected chi connectivity index (χ4v) is 4.20. The van der Waals surface area contributed by atoms with Crippen LogP contribution in [0, 0.1) is 0 Å². The lowest BCUT2D eigenvalue weighted by Gasteiger charge is -1.99. The zero-order valence-corrected chi connectivity index (χ0v) is 10.5. The maximum Gasteiger partial charge on any atom is 0.0777 e. The first-order chi connectivity index (χ1) is 7.45. The lowest BCUT2D eigenvalue weighted by atomic mass is 10.4. The molecule has 0 aliphatic carbocycles. The molecule has 2 aromatic carbocycles. The first kappa shape index (κ1) is 10.4. The average Bonchev–Trinajstić information content (AvgIpc) is 2.32. The molecule has 0 spiro atoms. The molecule has 4 radical (unpaired) electrons. The average molecular weight is 224 g/mol. The Labute approximate surface area is 96.0 Å². The van der Waals surface area contributed by atoms with Gasteiger partial charge in [0.05, 0.1) is 19.0 Å². The highest BCUT2D eigenvalue weighted by atomic mass is 28.3. The Balaban J connectivity index is 1.81. The van der Waals surface area contributed by atoms with Gasteiger partial charge in [0.2, 0.25) is 0 Å². The number of hydrogen-bond donors (Lipinski definition) is 0. The predicted molar refractivity (Wildman–Crippen MR) is 68.5 cm³/mol. The van der Waals surface area contributed by atoms with Crippen LogP contribution in [-0.2, 0) is 0 Å². The van der Waals surface area contributed by atoms with E-state index in [1.807, 2.05) is 0 Å². The minimum Gasteiger partial charge on any atom is -0.0645 e. The number of rotatable bonds is 4. The van der Waals surface area contributed by atoms with Gasteiger partial charge in [-0.2, -0.15) is 0 Å². The highest BCUT2D eigenvalue weighted by Gasteiger charge is 1.96. The molecule has 0 amide bonds. The van der Waals surface area contributed by atoms with Crippen molar-refractivity contribution in [3.05, 3.63) is 60.7 Å². The van der Waals surface area contributed by atoms with Crippen LogP contribution in [0.2, 0.25) is 5.67 Å². The summed E-state index contributed by atoms with van der Waals surface area (Å²) in [5.74, 6) is 0. The molecule has 0 fully saturated rings. The van der Waals surface area contributed by atoms with Gasteiger partial charge in [-0.25, -0.2) is 0 Å². The summed E-state index contributed by atoms with van der Waals surface area (Å²) in [6.07, 6.45) is 0. The molecule has 0 bridgehead atoms. The highest BCUT2D eigenvalue weighted by Crippen LogP contribution is 1.86. The fraction of sp³-hybridized carbons (Fsp3) is 0.0769. The molecule has 0 aromatic heterocycles. The van der Waals surface area contributed by atoms with Crippen molar-refractivity contribution >= 4 is 29.4 Å². The van der Waals surface area contributed by atoms with Crippen molar-refractivity contribution in [1.82, 2.24) is 0 Å². The monoisotopic (exact) mass is 224 g/mol. The third-order valence-electron chi connectivity index (χ3n) is 2.13. The van der Waals surface area contributed by atoms with Crippen molar-refractivity contribution in [3.63, 3.8) is 0 Å². The highest BCUT2D eigenvalue weighted by molar-refractivity contribution is 6.70. The second-order valence-corrected chi connectivity index (χ2v) is 6.54. The Morgan fingerprint density at radius 2 is 1.00 bits per heavy atom. The van der Waals surface area contributed by atoms with E-state index in [4.69, 9.17) is 0 Å². The lowest BCUT2D eigenvalue weighted by Crippen LogP contribution is -2.21. The van der Waals surface area contributed by atoms with E-state index >= 15 is 0 Å². The summed E-state index contributed by atoms with van der Waals surface area (Å²) in [7, 11) is 1.88. The molecule has 0 saturated heterocycles. The normalized spacial score (nSPS) is 10.1. The number of hydrogen-bond acceptors (Lipinski definition) is 0. The van der Waals surface area contributed by atoms with Crippen LogP contribution in [0.5, 0.6) is 0 Å². The summed E-state index contributed by atoms with van der Waals surface area (Å²) in [5, 5.41) is 2.95. The summed E-state index contributed by atoms with van der Waals surface area (Å²) < 4.78 is 0. The van der Waals surface area contributed by atoms with Crippen molar-refractivity contribution in [2.24, 2.45) is 0 Å². The molecule has 15 heavy (non-hydrogen) atoms. The second-order valence-electron chi connectivity index (χ2n) is 3.26. The third-order valence-corrected chi connectivity index (χ3v) is 5.03. The standard InChI is InChI=1S/C13H12Si2/c1-3-7-12(8-4-1)14-11-15-13-9-5-2-6-10-13/h1-10H,11H2. The zero-order chi connectivity index (χ0) is 10.3. The van der Waals surface area contributed by atoms with Gasteiger partial charge >= 0.3 is 0 Å². The van der Waals surface area contributed by atoms with Gasteiger partial charge in [0.15, 0.2) is 0 Å². The van der Waals surface area contributed by atoms with E-state index in [-0.39, 0.29) is 0 Å². The van der Waals surface area contributed by atoms with E-state index in [1.54, 1.807) is 0 Å². The van der Waals surface area contributed by atoms with Crippen molar-refractivity contribution in [2.75, 3.05) is 0 Å². The third kappa shape index (κ3) is 3.49. The van der Waals surface area contributed by atoms with Gasteiger partial charge in [-0.3, -0.25) is 0 Å². The van der Waals surface area contributed by atoms with Crippen LogP contribution in [0.3, 0.4) is 0 Å². The second kappa shape index (κ2) is 5.68. The molecule has 72 valence electrons. The zero-order valence-electron chi connectivity index (χ0n) is 8.48. The van der Waals surface area contributed by atoms with Gasteiger partial charge in [-0.1, -0.05) is 76.7 Å². The van der Waals surface area contributed by atoms with Crippen LogP contribution in [0.1, 0.15) is 0 Å². The van der Waals surface area contributed by atoms with Gasteiger partial charge in [0, 0.05) is 0 Å². The Morgan fingerprint density at radius 3 is 1.40 bits per heavy atom. The minimum atomic E-state index is 0.942. The minimum absolute atomic E-state index is 0.942. The van der Waals surface area contributed by atoms with Crippen LogP contribution in [0.15, 0.2) is 60.7 Å². The van der Waals surface area contributed by atoms with Gasteiger partial charge < -0.3 is 0 Å². The van der Waals surface area contributed by atoms with E-state index in [9.17, 15) is 0 Å². The van der Waals surface area contributed by atoms with Crippen molar-refractivity contribution in [2.45, 2.75) is 5.67 Å². The van der Waals surface area contributed by atoms with Gasteiger partial charge in [-0.05, 0) is 0 Å². The van der Waals surface area contributed by atoms with Gasteiger partial charge in [0.1, 0.15) is 0 Å². The topological polar surface area (TPSA) is 0 Å². The van der Waals surface area contributed by atoms with E-state index in [0.29, 0.717) is 0 Å².